The number of hydrogen-bond donors (Lipinski definition) is 0. The summed E-state index contributed by atoms with van der Waals surface area (Å²) in [5.41, 5.74) is -0.0341. The van der Waals surface area contributed by atoms with E-state index in [0.717, 1.165) is 32.1 Å². The van der Waals surface area contributed by atoms with Gasteiger partial charge in [0.1, 0.15) is 11.7 Å². The van der Waals surface area contributed by atoms with Crippen LogP contribution in [0, 0.1) is 17.3 Å². The summed E-state index contributed by atoms with van der Waals surface area (Å²) in [6, 6.07) is 0. The van der Waals surface area contributed by atoms with E-state index < -0.39 is 0 Å². The summed E-state index contributed by atoms with van der Waals surface area (Å²) in [6.45, 7) is 10.3. The Morgan fingerprint density at radius 3 is 2.10 bits per heavy atom. The lowest BCUT2D eigenvalue weighted by atomic mass is 9.72. The fourth-order valence-corrected chi connectivity index (χ4v) is 3.23. The van der Waals surface area contributed by atoms with Gasteiger partial charge in [-0.3, -0.25) is 0 Å². The summed E-state index contributed by atoms with van der Waals surface area (Å²) in [7, 11) is 0. The molecule has 0 nitrogen and oxygen atoms in total. The van der Waals surface area contributed by atoms with Gasteiger partial charge in [0.2, 0.25) is 0 Å². The van der Waals surface area contributed by atoms with E-state index >= 15 is 0 Å². The lowest BCUT2D eigenvalue weighted by Crippen LogP contribution is -2.22. The largest absolute Gasteiger partial charge is 0.211 e. The van der Waals surface area contributed by atoms with Crippen molar-refractivity contribution in [1.29, 1.82) is 0 Å². The zero-order valence-electron chi connectivity index (χ0n) is 13.7. The van der Waals surface area contributed by atoms with Crippen LogP contribution < -0.4 is 0 Å². The van der Waals surface area contributed by atoms with Crippen LogP contribution in [0.15, 0.2) is 23.3 Å². The Hall–Kier alpha value is -0.660. The predicted molar refractivity (Wildman–Crippen MR) is 82.8 cm³/mol. The van der Waals surface area contributed by atoms with Crippen LogP contribution in [0.4, 0.5) is 8.78 Å². The third kappa shape index (κ3) is 3.71. The Balaban J connectivity index is 2.92. The first-order valence-corrected chi connectivity index (χ1v) is 8.18. The maximum absolute atomic E-state index is 14.5. The Morgan fingerprint density at radius 1 is 1.15 bits per heavy atom. The number of hydrogen-bond acceptors (Lipinski definition) is 0. The van der Waals surface area contributed by atoms with E-state index in [0.29, 0.717) is 17.9 Å². The third-order valence-corrected chi connectivity index (χ3v) is 5.29. The monoisotopic (exact) mass is 284 g/mol. The van der Waals surface area contributed by atoms with Crippen molar-refractivity contribution in [2.45, 2.75) is 73.1 Å². The van der Waals surface area contributed by atoms with Gasteiger partial charge in [0.25, 0.3) is 0 Å². The van der Waals surface area contributed by atoms with Crippen molar-refractivity contribution in [3.8, 4) is 0 Å². The maximum Gasteiger partial charge on any atom is 0.125 e. The van der Waals surface area contributed by atoms with Crippen molar-refractivity contribution in [2.24, 2.45) is 17.3 Å². The molecule has 2 heteroatoms. The van der Waals surface area contributed by atoms with Crippen molar-refractivity contribution in [3.05, 3.63) is 23.3 Å². The molecule has 1 rings (SSSR count). The summed E-state index contributed by atoms with van der Waals surface area (Å²) in [5, 5.41) is 0. The molecule has 0 bridgehead atoms. The molecule has 0 aliphatic heterocycles. The normalized spacial score (nSPS) is 20.6. The predicted octanol–water partition coefficient (Wildman–Crippen LogP) is 6.74. The van der Waals surface area contributed by atoms with Gasteiger partial charge in [0.05, 0.1) is 0 Å². The highest BCUT2D eigenvalue weighted by atomic mass is 19.1. The lowest BCUT2D eigenvalue weighted by molar-refractivity contribution is 0.313. The van der Waals surface area contributed by atoms with Gasteiger partial charge in [-0.05, 0) is 42.6 Å². The number of rotatable bonds is 7. The molecule has 0 saturated carbocycles. The topological polar surface area (TPSA) is 0 Å². The molecule has 0 radical (unpaired) electrons. The Kier molecular flexibility index (Phi) is 6.42. The highest BCUT2D eigenvalue weighted by Gasteiger charge is 2.35. The van der Waals surface area contributed by atoms with Crippen LogP contribution in [-0.2, 0) is 0 Å². The molecule has 0 amide bonds. The molecule has 1 aliphatic rings. The van der Waals surface area contributed by atoms with Crippen LogP contribution in [0.1, 0.15) is 73.1 Å². The minimum absolute atomic E-state index is 0.0293. The molecule has 1 atom stereocenters. The van der Waals surface area contributed by atoms with Gasteiger partial charge in [-0.15, -0.1) is 0 Å². The molecule has 0 aromatic carbocycles. The second kappa shape index (κ2) is 7.38. The summed E-state index contributed by atoms with van der Waals surface area (Å²) in [5.74, 6) is 0.0757. The molecule has 0 aromatic rings. The first kappa shape index (κ1) is 17.4. The van der Waals surface area contributed by atoms with E-state index in [-0.39, 0.29) is 23.0 Å². The molecule has 0 heterocycles. The first-order valence-electron chi connectivity index (χ1n) is 8.18. The van der Waals surface area contributed by atoms with E-state index in [4.69, 9.17) is 0 Å². The molecule has 20 heavy (non-hydrogen) atoms. The Morgan fingerprint density at radius 2 is 1.70 bits per heavy atom. The van der Waals surface area contributed by atoms with Crippen LogP contribution in [0.25, 0.3) is 0 Å². The van der Waals surface area contributed by atoms with E-state index in [1.807, 2.05) is 20.8 Å². The molecule has 0 spiro atoms. The first-order chi connectivity index (χ1) is 9.41. The second-order valence-corrected chi connectivity index (χ2v) is 6.44. The van der Waals surface area contributed by atoms with Crippen molar-refractivity contribution in [3.63, 3.8) is 0 Å². The summed E-state index contributed by atoms with van der Waals surface area (Å²) >= 11 is 0. The molecule has 1 aliphatic carbocycles. The van der Waals surface area contributed by atoms with Gasteiger partial charge in [-0.1, -0.05) is 47.5 Å². The fourth-order valence-electron chi connectivity index (χ4n) is 3.23. The Bertz CT molecular complexity index is 371. The average molecular weight is 284 g/mol. The van der Waals surface area contributed by atoms with Gasteiger partial charge in [0, 0.05) is 12.0 Å². The highest BCUT2D eigenvalue weighted by Crippen LogP contribution is 2.46. The Labute approximate surface area is 123 Å². The van der Waals surface area contributed by atoms with E-state index in [1.165, 1.54) is 0 Å². The van der Waals surface area contributed by atoms with Gasteiger partial charge in [-0.2, -0.15) is 0 Å². The SMILES string of the molecule is CCC(CC)CC1C=C(F)C(C(C)(CC)CC)=C(F)C1. The van der Waals surface area contributed by atoms with Crippen LogP contribution >= 0.6 is 0 Å². The molecular weight excluding hydrogens is 254 g/mol. The number of halogens is 2. The van der Waals surface area contributed by atoms with Gasteiger partial charge >= 0.3 is 0 Å². The van der Waals surface area contributed by atoms with Gasteiger partial charge in [-0.25, -0.2) is 8.78 Å². The molecule has 0 saturated heterocycles. The average Bonchev–Trinajstić information content (AvgIpc) is 2.43. The molecule has 1 unspecified atom stereocenters. The molecule has 116 valence electrons. The van der Waals surface area contributed by atoms with E-state index in [2.05, 4.69) is 13.8 Å². The number of allylic oxidation sites excluding steroid dienone is 4. The van der Waals surface area contributed by atoms with Gasteiger partial charge in [0.15, 0.2) is 0 Å². The van der Waals surface area contributed by atoms with Crippen LogP contribution in [0.2, 0.25) is 0 Å². The van der Waals surface area contributed by atoms with Crippen LogP contribution in [-0.4, -0.2) is 0 Å². The highest BCUT2D eigenvalue weighted by molar-refractivity contribution is 5.37. The summed E-state index contributed by atoms with van der Waals surface area (Å²) in [4.78, 5) is 0. The van der Waals surface area contributed by atoms with Crippen LogP contribution in [0.3, 0.4) is 0 Å². The minimum atomic E-state index is -0.370. The quantitative estimate of drug-likeness (QED) is 0.486. The standard InChI is InChI=1S/C18H30F2/c1-6-13(7-2)10-14-11-15(19)17(16(20)12-14)18(5,8-3)9-4/h11,13-14H,6-10,12H2,1-5H3. The third-order valence-electron chi connectivity index (χ3n) is 5.29. The molecular formula is C18H30F2. The van der Waals surface area contributed by atoms with Crippen LogP contribution in [0.5, 0.6) is 0 Å². The fraction of sp³-hybridized carbons (Fsp3) is 0.778. The zero-order valence-corrected chi connectivity index (χ0v) is 13.7. The van der Waals surface area contributed by atoms with Gasteiger partial charge < -0.3 is 0 Å². The van der Waals surface area contributed by atoms with Crippen molar-refractivity contribution in [1.82, 2.24) is 0 Å². The smallest absolute Gasteiger partial charge is 0.125 e. The molecule has 0 N–H and O–H groups in total. The van der Waals surface area contributed by atoms with E-state index in [1.54, 1.807) is 6.08 Å². The molecule has 0 fully saturated rings. The van der Waals surface area contributed by atoms with Crippen molar-refractivity contribution in [2.75, 3.05) is 0 Å². The lowest BCUT2D eigenvalue weighted by Gasteiger charge is -2.33. The maximum atomic E-state index is 14.5. The summed E-state index contributed by atoms with van der Waals surface area (Å²) in [6.07, 6.45) is 6.67. The van der Waals surface area contributed by atoms with Crippen molar-refractivity contribution < 1.29 is 8.78 Å². The van der Waals surface area contributed by atoms with E-state index in [9.17, 15) is 8.78 Å². The second-order valence-electron chi connectivity index (χ2n) is 6.44. The zero-order chi connectivity index (χ0) is 15.3. The molecule has 0 aromatic heterocycles. The van der Waals surface area contributed by atoms with Crippen molar-refractivity contribution >= 4 is 0 Å². The summed E-state index contributed by atoms with van der Waals surface area (Å²) < 4.78 is 28.9. The minimum Gasteiger partial charge on any atom is -0.211 e.